The summed E-state index contributed by atoms with van der Waals surface area (Å²) in [6.07, 6.45) is 7.15. The summed E-state index contributed by atoms with van der Waals surface area (Å²) in [6, 6.07) is 5.30. The predicted molar refractivity (Wildman–Crippen MR) is 108 cm³/mol. The molecule has 1 aliphatic carbocycles. The highest BCUT2D eigenvalue weighted by Crippen LogP contribution is 2.29. The maximum atomic E-state index is 12.6. The minimum Gasteiger partial charge on any atom is -0.497 e. The van der Waals surface area contributed by atoms with E-state index in [1.54, 1.807) is 37.3 Å². The molecular formula is C21H31N3O4. The number of amides is 3. The Morgan fingerprint density at radius 3 is 2.36 bits per heavy atom. The Hall–Kier alpha value is -2.44. The van der Waals surface area contributed by atoms with E-state index >= 15 is 0 Å². The van der Waals surface area contributed by atoms with E-state index in [4.69, 9.17) is 9.47 Å². The van der Waals surface area contributed by atoms with Gasteiger partial charge in [0.05, 0.1) is 19.9 Å². The molecule has 3 amide bonds. The molecule has 2 fully saturated rings. The quantitative estimate of drug-likeness (QED) is 0.809. The lowest BCUT2D eigenvalue weighted by Crippen LogP contribution is -2.49. The van der Waals surface area contributed by atoms with Crippen molar-refractivity contribution in [2.45, 2.75) is 51.0 Å². The number of methoxy groups -OCH3 is 2. The molecule has 0 unspecified atom stereocenters. The monoisotopic (exact) mass is 389 g/mol. The number of anilines is 1. The van der Waals surface area contributed by atoms with Crippen LogP contribution in [-0.2, 0) is 4.79 Å². The van der Waals surface area contributed by atoms with Crippen molar-refractivity contribution in [2.75, 3.05) is 32.6 Å². The second-order valence-corrected chi connectivity index (χ2v) is 7.60. The van der Waals surface area contributed by atoms with Crippen LogP contribution in [0.5, 0.6) is 11.5 Å². The van der Waals surface area contributed by atoms with E-state index in [1.165, 1.54) is 6.42 Å². The molecule has 2 aliphatic rings. The summed E-state index contributed by atoms with van der Waals surface area (Å²) in [5.41, 5.74) is 0.612. The Labute approximate surface area is 166 Å². The number of hydrogen-bond donors (Lipinski definition) is 2. The number of piperidine rings is 1. The molecule has 1 aliphatic heterocycles. The third-order valence-electron chi connectivity index (χ3n) is 5.75. The van der Waals surface area contributed by atoms with Crippen LogP contribution in [0.2, 0.25) is 0 Å². The zero-order valence-corrected chi connectivity index (χ0v) is 16.8. The van der Waals surface area contributed by atoms with Crippen molar-refractivity contribution in [1.29, 1.82) is 0 Å². The average Bonchev–Trinajstić information content (AvgIpc) is 2.75. The second-order valence-electron chi connectivity index (χ2n) is 7.60. The first-order chi connectivity index (χ1) is 13.6. The van der Waals surface area contributed by atoms with Gasteiger partial charge >= 0.3 is 6.03 Å². The molecule has 154 valence electrons. The first-order valence-corrected chi connectivity index (χ1v) is 10.2. The Morgan fingerprint density at radius 2 is 1.71 bits per heavy atom. The number of benzene rings is 1. The molecule has 0 atom stereocenters. The van der Waals surface area contributed by atoms with Gasteiger partial charge in [0.15, 0.2) is 0 Å². The topological polar surface area (TPSA) is 79.9 Å². The third kappa shape index (κ3) is 5.09. The molecule has 1 saturated heterocycles. The SMILES string of the molecule is COc1ccc(NC(=O)N2CCC(NC(=O)C3CCCCC3)CC2)c(OC)c1. The van der Waals surface area contributed by atoms with Gasteiger partial charge in [-0.25, -0.2) is 4.79 Å². The van der Waals surface area contributed by atoms with Crippen molar-refractivity contribution in [1.82, 2.24) is 10.2 Å². The van der Waals surface area contributed by atoms with Crippen molar-refractivity contribution < 1.29 is 19.1 Å². The summed E-state index contributed by atoms with van der Waals surface area (Å²) in [5, 5.41) is 6.11. The normalized spacial score (nSPS) is 18.4. The van der Waals surface area contributed by atoms with Gasteiger partial charge in [0.2, 0.25) is 5.91 Å². The maximum absolute atomic E-state index is 12.6. The number of hydrogen-bond acceptors (Lipinski definition) is 4. The molecule has 7 nitrogen and oxygen atoms in total. The van der Waals surface area contributed by atoms with E-state index < -0.39 is 0 Å². The number of ether oxygens (including phenoxy) is 2. The summed E-state index contributed by atoms with van der Waals surface area (Å²) < 4.78 is 10.5. The molecule has 0 radical (unpaired) electrons. The van der Waals surface area contributed by atoms with Crippen molar-refractivity contribution in [3.05, 3.63) is 18.2 Å². The smallest absolute Gasteiger partial charge is 0.321 e. The van der Waals surface area contributed by atoms with Gasteiger partial charge in [-0.3, -0.25) is 4.79 Å². The molecule has 2 N–H and O–H groups in total. The van der Waals surface area contributed by atoms with Crippen molar-refractivity contribution >= 4 is 17.6 Å². The predicted octanol–water partition coefficient (Wildman–Crippen LogP) is 3.40. The van der Waals surface area contributed by atoms with Crippen LogP contribution in [0.1, 0.15) is 44.9 Å². The van der Waals surface area contributed by atoms with Crippen LogP contribution < -0.4 is 20.1 Å². The first-order valence-electron chi connectivity index (χ1n) is 10.2. The summed E-state index contributed by atoms with van der Waals surface area (Å²) in [6.45, 7) is 1.25. The van der Waals surface area contributed by atoms with Crippen LogP contribution in [0.25, 0.3) is 0 Å². The van der Waals surface area contributed by atoms with E-state index in [2.05, 4.69) is 10.6 Å². The Kier molecular flexibility index (Phi) is 7.01. The van der Waals surface area contributed by atoms with E-state index in [0.717, 1.165) is 38.5 Å². The molecule has 3 rings (SSSR count). The molecule has 1 heterocycles. The van der Waals surface area contributed by atoms with Gasteiger partial charge in [-0.1, -0.05) is 19.3 Å². The summed E-state index contributed by atoms with van der Waals surface area (Å²) >= 11 is 0. The minimum absolute atomic E-state index is 0.152. The van der Waals surface area contributed by atoms with E-state index in [9.17, 15) is 9.59 Å². The van der Waals surface area contributed by atoms with Gasteiger partial charge in [0.25, 0.3) is 0 Å². The molecule has 0 bridgehead atoms. The zero-order chi connectivity index (χ0) is 19.9. The number of carbonyl (C=O) groups excluding carboxylic acids is 2. The van der Waals surface area contributed by atoms with Gasteiger partial charge in [-0.15, -0.1) is 0 Å². The number of nitrogens with one attached hydrogen (secondary N) is 2. The minimum atomic E-state index is -0.152. The molecular weight excluding hydrogens is 358 g/mol. The van der Waals surface area contributed by atoms with E-state index in [1.807, 2.05) is 0 Å². The lowest BCUT2D eigenvalue weighted by atomic mass is 9.88. The van der Waals surface area contributed by atoms with Crippen LogP contribution in [0.15, 0.2) is 18.2 Å². The molecule has 0 aromatic heterocycles. The highest BCUT2D eigenvalue weighted by molar-refractivity contribution is 5.91. The fraction of sp³-hybridized carbons (Fsp3) is 0.619. The number of urea groups is 1. The van der Waals surface area contributed by atoms with Gasteiger partial charge in [0, 0.05) is 31.1 Å². The molecule has 28 heavy (non-hydrogen) atoms. The largest absolute Gasteiger partial charge is 0.497 e. The molecule has 1 aromatic carbocycles. The highest BCUT2D eigenvalue weighted by Gasteiger charge is 2.27. The lowest BCUT2D eigenvalue weighted by Gasteiger charge is -2.33. The van der Waals surface area contributed by atoms with Crippen molar-refractivity contribution in [2.24, 2.45) is 5.92 Å². The molecule has 7 heteroatoms. The summed E-state index contributed by atoms with van der Waals surface area (Å²) in [4.78, 5) is 26.8. The number of rotatable bonds is 5. The number of likely N-dealkylation sites (tertiary alicyclic amines) is 1. The molecule has 0 spiro atoms. The van der Waals surface area contributed by atoms with Crippen molar-refractivity contribution in [3.8, 4) is 11.5 Å². The molecule has 1 saturated carbocycles. The van der Waals surface area contributed by atoms with Crippen LogP contribution >= 0.6 is 0 Å². The second kappa shape index (κ2) is 9.66. The Bertz CT molecular complexity index is 680. The van der Waals surface area contributed by atoms with Gasteiger partial charge in [-0.05, 0) is 37.8 Å². The number of nitrogens with zero attached hydrogens (tertiary/aromatic N) is 1. The van der Waals surface area contributed by atoms with Crippen molar-refractivity contribution in [3.63, 3.8) is 0 Å². The number of carbonyl (C=O) groups is 2. The van der Waals surface area contributed by atoms with Crippen LogP contribution in [-0.4, -0.2) is 50.2 Å². The standard InChI is InChI=1S/C21H31N3O4/c1-27-17-8-9-18(19(14-17)28-2)23-21(26)24-12-10-16(11-13-24)22-20(25)15-6-4-3-5-7-15/h8-9,14-16H,3-7,10-13H2,1-2H3,(H,22,25)(H,23,26). The Morgan fingerprint density at radius 1 is 1.00 bits per heavy atom. The van der Waals surface area contributed by atoms with Crippen LogP contribution in [0, 0.1) is 5.92 Å². The van der Waals surface area contributed by atoms with Crippen LogP contribution in [0.4, 0.5) is 10.5 Å². The lowest BCUT2D eigenvalue weighted by molar-refractivity contribution is -0.126. The third-order valence-corrected chi connectivity index (χ3v) is 5.75. The van der Waals surface area contributed by atoms with Gasteiger partial charge in [0.1, 0.15) is 11.5 Å². The zero-order valence-electron chi connectivity index (χ0n) is 16.8. The van der Waals surface area contributed by atoms with Crippen LogP contribution in [0.3, 0.4) is 0 Å². The van der Waals surface area contributed by atoms with Gasteiger partial charge in [-0.2, -0.15) is 0 Å². The fourth-order valence-electron chi connectivity index (χ4n) is 4.01. The summed E-state index contributed by atoms with van der Waals surface area (Å²) in [7, 11) is 3.15. The summed E-state index contributed by atoms with van der Waals surface area (Å²) in [5.74, 6) is 1.61. The fourth-order valence-corrected chi connectivity index (χ4v) is 4.01. The maximum Gasteiger partial charge on any atom is 0.321 e. The van der Waals surface area contributed by atoms with Gasteiger partial charge < -0.3 is 25.0 Å². The van der Waals surface area contributed by atoms with E-state index in [-0.39, 0.29) is 23.9 Å². The average molecular weight is 389 g/mol. The Balaban J connectivity index is 1.48. The van der Waals surface area contributed by atoms with E-state index in [0.29, 0.717) is 30.3 Å². The first kappa shape index (κ1) is 20.3. The molecule has 1 aromatic rings. The highest BCUT2D eigenvalue weighted by atomic mass is 16.5.